The summed E-state index contributed by atoms with van der Waals surface area (Å²) in [6.07, 6.45) is 1.36. The Hall–Kier alpha value is -3.12. The highest BCUT2D eigenvalue weighted by Crippen LogP contribution is 2.25. The van der Waals surface area contributed by atoms with E-state index in [0.29, 0.717) is 12.3 Å². The van der Waals surface area contributed by atoms with E-state index < -0.39 is 0 Å². The average Bonchev–Trinajstić information content (AvgIpc) is 3.18. The van der Waals surface area contributed by atoms with Gasteiger partial charge in [0.15, 0.2) is 0 Å². The molecule has 6 heteroatoms. The van der Waals surface area contributed by atoms with Gasteiger partial charge in [-0.3, -0.25) is 9.69 Å². The molecule has 2 aromatic carbocycles. The van der Waals surface area contributed by atoms with Gasteiger partial charge >= 0.3 is 0 Å². The number of piperazine rings is 1. The lowest BCUT2D eigenvalue weighted by Crippen LogP contribution is -2.48. The van der Waals surface area contributed by atoms with E-state index in [1.165, 1.54) is 5.56 Å². The third-order valence-corrected chi connectivity index (χ3v) is 5.80. The number of ether oxygens (including phenoxy) is 1. The zero-order chi connectivity index (χ0) is 21.6. The number of nitrogens with zero attached hydrogens (tertiary/aromatic N) is 3. The molecule has 6 nitrogen and oxygen atoms in total. The van der Waals surface area contributed by atoms with Crippen LogP contribution in [-0.2, 0) is 17.8 Å². The molecule has 0 aliphatic carbocycles. The van der Waals surface area contributed by atoms with Gasteiger partial charge in [0.25, 0.3) is 0 Å². The molecule has 1 amide bonds. The van der Waals surface area contributed by atoms with E-state index in [2.05, 4.69) is 17.0 Å². The van der Waals surface area contributed by atoms with E-state index in [1.807, 2.05) is 54.3 Å². The smallest absolute Gasteiger partial charge is 0.226 e. The van der Waals surface area contributed by atoms with Crippen molar-refractivity contribution in [1.82, 2.24) is 14.8 Å². The lowest BCUT2D eigenvalue weighted by molar-refractivity contribution is -0.133. The largest absolute Gasteiger partial charge is 0.497 e. The van der Waals surface area contributed by atoms with Crippen molar-refractivity contribution in [3.05, 3.63) is 71.6 Å². The molecule has 3 aromatic rings. The second kappa shape index (κ2) is 9.79. The highest BCUT2D eigenvalue weighted by molar-refractivity contribution is 5.76. The Balaban J connectivity index is 1.28. The Morgan fingerprint density at radius 2 is 1.74 bits per heavy atom. The fourth-order valence-electron chi connectivity index (χ4n) is 3.85. The van der Waals surface area contributed by atoms with E-state index in [9.17, 15) is 4.79 Å². The van der Waals surface area contributed by atoms with Gasteiger partial charge < -0.3 is 14.1 Å². The molecular weight excluding hydrogens is 390 g/mol. The number of rotatable bonds is 7. The molecule has 0 bridgehead atoms. The van der Waals surface area contributed by atoms with Crippen LogP contribution in [0.5, 0.6) is 5.75 Å². The normalized spacial score (nSPS) is 14.6. The number of hydrogen-bond acceptors (Lipinski definition) is 5. The van der Waals surface area contributed by atoms with Gasteiger partial charge in [0.1, 0.15) is 11.5 Å². The molecule has 1 aromatic heterocycles. The molecule has 0 unspecified atom stereocenters. The van der Waals surface area contributed by atoms with Crippen molar-refractivity contribution in [3.63, 3.8) is 0 Å². The maximum atomic E-state index is 12.6. The van der Waals surface area contributed by atoms with E-state index in [0.717, 1.165) is 61.9 Å². The molecule has 0 N–H and O–H groups in total. The third kappa shape index (κ3) is 5.33. The first-order chi connectivity index (χ1) is 15.1. The topological polar surface area (TPSA) is 58.8 Å². The van der Waals surface area contributed by atoms with Crippen molar-refractivity contribution in [2.24, 2.45) is 0 Å². The molecule has 0 saturated carbocycles. The van der Waals surface area contributed by atoms with Crippen LogP contribution in [0.4, 0.5) is 0 Å². The van der Waals surface area contributed by atoms with Gasteiger partial charge in [0.2, 0.25) is 11.8 Å². The summed E-state index contributed by atoms with van der Waals surface area (Å²) in [5.74, 6) is 2.52. The Bertz CT molecular complexity index is 991. The molecule has 1 saturated heterocycles. The van der Waals surface area contributed by atoms with Gasteiger partial charge in [-0.2, -0.15) is 0 Å². The Labute approximate surface area is 183 Å². The molecular formula is C25H29N3O3. The summed E-state index contributed by atoms with van der Waals surface area (Å²) in [5, 5.41) is 0. The summed E-state index contributed by atoms with van der Waals surface area (Å²) < 4.78 is 11.1. The second-order valence-electron chi connectivity index (χ2n) is 7.89. The lowest BCUT2D eigenvalue weighted by atomic mass is 10.1. The number of carbonyl (C=O) groups is 1. The predicted molar refractivity (Wildman–Crippen MR) is 120 cm³/mol. The van der Waals surface area contributed by atoms with Crippen molar-refractivity contribution in [3.8, 4) is 17.2 Å². The maximum Gasteiger partial charge on any atom is 0.226 e. The SMILES string of the molecule is COc1ccc(-c2nc(CN3CCN(C(=O)CCc4ccccc4)CC3)c(C)o2)cc1. The molecule has 4 rings (SSSR count). The van der Waals surface area contributed by atoms with E-state index >= 15 is 0 Å². The summed E-state index contributed by atoms with van der Waals surface area (Å²) in [6.45, 7) is 5.91. The lowest BCUT2D eigenvalue weighted by Gasteiger charge is -2.34. The van der Waals surface area contributed by atoms with Crippen LogP contribution in [0.3, 0.4) is 0 Å². The minimum Gasteiger partial charge on any atom is -0.497 e. The highest BCUT2D eigenvalue weighted by atomic mass is 16.5. The average molecular weight is 420 g/mol. The predicted octanol–water partition coefficient (Wildman–Crippen LogP) is 3.94. The highest BCUT2D eigenvalue weighted by Gasteiger charge is 2.22. The standard InChI is InChI=1S/C25H29N3O3/c1-19-23(26-25(31-19)21-9-11-22(30-2)12-10-21)18-27-14-16-28(17-15-27)24(29)13-8-20-6-4-3-5-7-20/h3-7,9-12H,8,13-18H2,1-2H3. The molecule has 0 radical (unpaired) electrons. The molecule has 1 fully saturated rings. The van der Waals surface area contributed by atoms with Gasteiger partial charge in [-0.1, -0.05) is 30.3 Å². The Morgan fingerprint density at radius 3 is 2.42 bits per heavy atom. The molecule has 0 atom stereocenters. The first-order valence-corrected chi connectivity index (χ1v) is 10.8. The van der Waals surface area contributed by atoms with Crippen molar-refractivity contribution in [2.75, 3.05) is 33.3 Å². The van der Waals surface area contributed by atoms with Gasteiger partial charge in [0.05, 0.1) is 12.8 Å². The minimum absolute atomic E-state index is 0.239. The fourth-order valence-corrected chi connectivity index (χ4v) is 3.85. The summed E-state index contributed by atoms with van der Waals surface area (Å²) in [6, 6.07) is 17.9. The molecule has 1 aliphatic rings. The van der Waals surface area contributed by atoms with Gasteiger partial charge in [0, 0.05) is 44.7 Å². The quantitative estimate of drug-likeness (QED) is 0.581. The summed E-state index contributed by atoms with van der Waals surface area (Å²) >= 11 is 0. The number of aryl methyl sites for hydroxylation is 2. The van der Waals surface area contributed by atoms with Crippen LogP contribution in [0.1, 0.15) is 23.4 Å². The summed E-state index contributed by atoms with van der Waals surface area (Å²) in [7, 11) is 1.65. The number of hydrogen-bond donors (Lipinski definition) is 0. The van der Waals surface area contributed by atoms with Crippen molar-refractivity contribution < 1.29 is 13.9 Å². The van der Waals surface area contributed by atoms with Crippen LogP contribution in [0.25, 0.3) is 11.5 Å². The van der Waals surface area contributed by atoms with Crippen molar-refractivity contribution >= 4 is 5.91 Å². The van der Waals surface area contributed by atoms with Crippen LogP contribution in [0.2, 0.25) is 0 Å². The van der Waals surface area contributed by atoms with Gasteiger partial charge in [-0.25, -0.2) is 4.98 Å². The number of methoxy groups -OCH3 is 1. The Kier molecular flexibility index (Phi) is 6.67. The van der Waals surface area contributed by atoms with Gasteiger partial charge in [-0.05, 0) is 43.2 Å². The molecule has 162 valence electrons. The zero-order valence-electron chi connectivity index (χ0n) is 18.2. The van der Waals surface area contributed by atoms with Crippen LogP contribution >= 0.6 is 0 Å². The van der Waals surface area contributed by atoms with Crippen LogP contribution in [-0.4, -0.2) is 54.0 Å². The number of aromatic nitrogens is 1. The molecule has 2 heterocycles. The van der Waals surface area contributed by atoms with Crippen LogP contribution in [0.15, 0.2) is 59.0 Å². The monoisotopic (exact) mass is 419 g/mol. The number of amides is 1. The van der Waals surface area contributed by atoms with Crippen molar-refractivity contribution in [2.45, 2.75) is 26.3 Å². The molecule has 31 heavy (non-hydrogen) atoms. The first kappa shape index (κ1) is 21.1. The van der Waals surface area contributed by atoms with Crippen LogP contribution < -0.4 is 4.74 Å². The third-order valence-electron chi connectivity index (χ3n) is 5.80. The molecule has 1 aliphatic heterocycles. The summed E-state index contributed by atoms with van der Waals surface area (Å²) in [5.41, 5.74) is 3.10. The van der Waals surface area contributed by atoms with Crippen molar-refractivity contribution in [1.29, 1.82) is 0 Å². The number of carbonyl (C=O) groups excluding carboxylic acids is 1. The maximum absolute atomic E-state index is 12.6. The minimum atomic E-state index is 0.239. The number of benzene rings is 2. The summed E-state index contributed by atoms with van der Waals surface area (Å²) in [4.78, 5) is 21.6. The second-order valence-corrected chi connectivity index (χ2v) is 7.89. The van der Waals surface area contributed by atoms with Crippen LogP contribution in [0, 0.1) is 6.92 Å². The fraction of sp³-hybridized carbons (Fsp3) is 0.360. The Morgan fingerprint density at radius 1 is 1.03 bits per heavy atom. The van der Waals surface area contributed by atoms with E-state index in [4.69, 9.17) is 14.1 Å². The molecule has 0 spiro atoms. The first-order valence-electron chi connectivity index (χ1n) is 10.8. The number of oxazole rings is 1. The van der Waals surface area contributed by atoms with E-state index in [1.54, 1.807) is 7.11 Å². The zero-order valence-corrected chi connectivity index (χ0v) is 18.2. The van der Waals surface area contributed by atoms with E-state index in [-0.39, 0.29) is 5.91 Å². The van der Waals surface area contributed by atoms with Gasteiger partial charge in [-0.15, -0.1) is 0 Å².